The fourth-order valence-electron chi connectivity index (χ4n) is 2.02. The Hall–Kier alpha value is -3.16. The Morgan fingerprint density at radius 3 is 2.56 bits per heavy atom. The van der Waals surface area contributed by atoms with E-state index >= 15 is 0 Å². The number of nitrogens with one attached hydrogen (secondary N) is 1. The maximum atomic E-state index is 13.3. The summed E-state index contributed by atoms with van der Waals surface area (Å²) in [7, 11) is 0. The van der Waals surface area contributed by atoms with Crippen molar-refractivity contribution in [1.82, 2.24) is 0 Å². The Labute approximate surface area is 143 Å². The zero-order valence-corrected chi connectivity index (χ0v) is 13.7. The SMILES string of the molecule is CCOc1ccc(NC(=O)C(C)Oc2cc(F)ccc2[N+](=O)[O-])cc1. The van der Waals surface area contributed by atoms with E-state index in [2.05, 4.69) is 5.32 Å². The molecule has 2 aromatic rings. The van der Waals surface area contributed by atoms with Gasteiger partial charge >= 0.3 is 5.69 Å². The monoisotopic (exact) mass is 348 g/mol. The van der Waals surface area contributed by atoms with Crippen molar-refractivity contribution >= 4 is 17.3 Å². The van der Waals surface area contributed by atoms with Crippen molar-refractivity contribution in [1.29, 1.82) is 0 Å². The molecule has 0 saturated heterocycles. The van der Waals surface area contributed by atoms with Crippen molar-refractivity contribution in [3.63, 3.8) is 0 Å². The quantitative estimate of drug-likeness (QED) is 0.610. The van der Waals surface area contributed by atoms with Gasteiger partial charge in [0.2, 0.25) is 5.75 Å². The second-order valence-corrected chi connectivity index (χ2v) is 5.08. The molecule has 0 saturated carbocycles. The molecule has 1 atom stereocenters. The number of nitrogens with zero attached hydrogens (tertiary/aromatic N) is 1. The summed E-state index contributed by atoms with van der Waals surface area (Å²) in [5.41, 5.74) is 0.0970. The average Bonchev–Trinajstić information content (AvgIpc) is 2.56. The number of carbonyl (C=O) groups is 1. The van der Waals surface area contributed by atoms with Crippen molar-refractivity contribution in [2.75, 3.05) is 11.9 Å². The van der Waals surface area contributed by atoms with Gasteiger partial charge in [0.1, 0.15) is 11.6 Å². The highest BCUT2D eigenvalue weighted by Gasteiger charge is 2.22. The molecule has 2 aromatic carbocycles. The lowest BCUT2D eigenvalue weighted by Crippen LogP contribution is -2.30. The molecule has 0 aliphatic heterocycles. The minimum absolute atomic E-state index is 0.306. The maximum Gasteiger partial charge on any atom is 0.311 e. The number of hydrogen-bond donors (Lipinski definition) is 1. The van der Waals surface area contributed by atoms with Crippen LogP contribution < -0.4 is 14.8 Å². The van der Waals surface area contributed by atoms with E-state index in [-0.39, 0.29) is 5.75 Å². The first-order valence-corrected chi connectivity index (χ1v) is 7.55. The minimum atomic E-state index is -1.06. The van der Waals surface area contributed by atoms with Crippen molar-refractivity contribution in [2.24, 2.45) is 0 Å². The Morgan fingerprint density at radius 2 is 1.96 bits per heavy atom. The highest BCUT2D eigenvalue weighted by Crippen LogP contribution is 2.28. The summed E-state index contributed by atoms with van der Waals surface area (Å²) in [6.07, 6.45) is -1.06. The van der Waals surface area contributed by atoms with E-state index in [1.807, 2.05) is 6.92 Å². The third-order valence-electron chi connectivity index (χ3n) is 3.22. The summed E-state index contributed by atoms with van der Waals surface area (Å²) >= 11 is 0. The van der Waals surface area contributed by atoms with Crippen LogP contribution in [0.4, 0.5) is 15.8 Å². The fourth-order valence-corrected chi connectivity index (χ4v) is 2.02. The Kier molecular flexibility index (Phi) is 5.89. The third-order valence-corrected chi connectivity index (χ3v) is 3.22. The second kappa shape index (κ2) is 8.09. The molecule has 7 nitrogen and oxygen atoms in total. The number of anilines is 1. The molecule has 132 valence electrons. The zero-order chi connectivity index (χ0) is 18.4. The number of rotatable bonds is 7. The Bertz CT molecular complexity index is 764. The first kappa shape index (κ1) is 18.2. The number of ether oxygens (including phenoxy) is 2. The number of hydrogen-bond acceptors (Lipinski definition) is 5. The number of nitro benzene ring substituents is 1. The van der Waals surface area contributed by atoms with Crippen LogP contribution in [0.2, 0.25) is 0 Å². The molecule has 0 spiro atoms. The molecule has 25 heavy (non-hydrogen) atoms. The van der Waals surface area contributed by atoms with Gasteiger partial charge in [-0.1, -0.05) is 0 Å². The Morgan fingerprint density at radius 1 is 1.28 bits per heavy atom. The number of nitro groups is 1. The van der Waals surface area contributed by atoms with Crippen molar-refractivity contribution in [3.05, 3.63) is 58.4 Å². The largest absolute Gasteiger partial charge is 0.494 e. The predicted octanol–water partition coefficient (Wildman–Crippen LogP) is 3.54. The molecular weight excluding hydrogens is 331 g/mol. The van der Waals surface area contributed by atoms with Gasteiger partial charge in [-0.2, -0.15) is 0 Å². The van der Waals surface area contributed by atoms with Crippen LogP contribution in [0, 0.1) is 15.9 Å². The molecule has 0 aromatic heterocycles. The van der Waals surface area contributed by atoms with E-state index in [9.17, 15) is 19.3 Å². The maximum absolute atomic E-state index is 13.3. The van der Waals surface area contributed by atoms with Crippen LogP contribution in [0.1, 0.15) is 13.8 Å². The fraction of sp³-hybridized carbons (Fsp3) is 0.235. The lowest BCUT2D eigenvalue weighted by Gasteiger charge is -2.15. The zero-order valence-electron chi connectivity index (χ0n) is 13.7. The summed E-state index contributed by atoms with van der Waals surface area (Å²) in [4.78, 5) is 22.4. The van der Waals surface area contributed by atoms with Crippen LogP contribution in [0.15, 0.2) is 42.5 Å². The number of amides is 1. The van der Waals surface area contributed by atoms with E-state index in [4.69, 9.17) is 9.47 Å². The van der Waals surface area contributed by atoms with Crippen molar-refractivity contribution in [3.8, 4) is 11.5 Å². The normalized spacial score (nSPS) is 11.5. The van der Waals surface area contributed by atoms with Crippen LogP contribution in [0.5, 0.6) is 11.5 Å². The van der Waals surface area contributed by atoms with Crippen LogP contribution in [0.3, 0.4) is 0 Å². The van der Waals surface area contributed by atoms with Crippen LogP contribution >= 0.6 is 0 Å². The highest BCUT2D eigenvalue weighted by atomic mass is 19.1. The summed E-state index contributed by atoms with van der Waals surface area (Å²) in [6, 6.07) is 9.51. The number of carbonyl (C=O) groups excluding carboxylic acids is 1. The number of benzene rings is 2. The van der Waals surface area contributed by atoms with E-state index in [1.54, 1.807) is 24.3 Å². The van der Waals surface area contributed by atoms with Gasteiger partial charge in [-0.25, -0.2) is 4.39 Å². The van der Waals surface area contributed by atoms with Gasteiger partial charge < -0.3 is 14.8 Å². The molecular formula is C17H17FN2O5. The summed E-state index contributed by atoms with van der Waals surface area (Å²) in [6.45, 7) is 3.81. The average molecular weight is 348 g/mol. The molecule has 0 heterocycles. The van der Waals surface area contributed by atoms with Crippen LogP contribution in [-0.2, 0) is 4.79 Å². The molecule has 0 aliphatic rings. The van der Waals surface area contributed by atoms with Gasteiger partial charge in [0.15, 0.2) is 6.10 Å². The minimum Gasteiger partial charge on any atom is -0.494 e. The summed E-state index contributed by atoms with van der Waals surface area (Å²) in [5.74, 6) is -0.859. The van der Waals surface area contributed by atoms with E-state index in [1.165, 1.54) is 6.92 Å². The molecule has 1 amide bonds. The van der Waals surface area contributed by atoms with Gasteiger partial charge in [0.25, 0.3) is 5.91 Å². The summed E-state index contributed by atoms with van der Waals surface area (Å²) in [5, 5.41) is 13.6. The van der Waals surface area contributed by atoms with Crippen molar-refractivity contribution < 1.29 is 23.6 Å². The smallest absolute Gasteiger partial charge is 0.311 e. The van der Waals surface area contributed by atoms with Gasteiger partial charge in [-0.3, -0.25) is 14.9 Å². The van der Waals surface area contributed by atoms with Gasteiger partial charge in [0, 0.05) is 17.8 Å². The molecule has 2 rings (SSSR count). The Balaban J connectivity index is 2.05. The van der Waals surface area contributed by atoms with E-state index in [0.717, 1.165) is 18.2 Å². The third kappa shape index (κ3) is 4.90. The standard InChI is InChI=1S/C17H17FN2O5/c1-3-24-14-7-5-13(6-8-14)19-17(21)11(2)25-16-10-12(18)4-9-15(16)20(22)23/h4-11H,3H2,1-2H3,(H,19,21). The lowest BCUT2D eigenvalue weighted by atomic mass is 10.2. The topological polar surface area (TPSA) is 90.7 Å². The predicted molar refractivity (Wildman–Crippen MR) is 89.4 cm³/mol. The highest BCUT2D eigenvalue weighted by molar-refractivity contribution is 5.94. The van der Waals surface area contributed by atoms with Crippen LogP contribution in [-0.4, -0.2) is 23.5 Å². The molecule has 1 unspecified atom stereocenters. The second-order valence-electron chi connectivity index (χ2n) is 5.08. The molecule has 0 bridgehead atoms. The lowest BCUT2D eigenvalue weighted by molar-refractivity contribution is -0.386. The van der Waals surface area contributed by atoms with Crippen molar-refractivity contribution in [2.45, 2.75) is 20.0 Å². The summed E-state index contributed by atoms with van der Waals surface area (Å²) < 4.78 is 23.9. The van der Waals surface area contributed by atoms with E-state index < -0.39 is 28.4 Å². The first-order valence-electron chi connectivity index (χ1n) is 7.55. The molecule has 1 N–H and O–H groups in total. The van der Waals surface area contributed by atoms with Gasteiger partial charge in [-0.05, 0) is 44.2 Å². The van der Waals surface area contributed by atoms with E-state index in [0.29, 0.717) is 18.0 Å². The van der Waals surface area contributed by atoms with Gasteiger partial charge in [-0.15, -0.1) is 0 Å². The van der Waals surface area contributed by atoms with Gasteiger partial charge in [0.05, 0.1) is 11.5 Å². The molecule has 8 heteroatoms. The van der Waals surface area contributed by atoms with Crippen LogP contribution in [0.25, 0.3) is 0 Å². The molecule has 0 fully saturated rings. The number of halogens is 1. The molecule has 0 radical (unpaired) electrons. The first-order chi connectivity index (χ1) is 11.9. The molecule has 0 aliphatic carbocycles.